The van der Waals surface area contributed by atoms with Gasteiger partial charge in [0, 0.05) is 22.4 Å². The topological polar surface area (TPSA) is 33.3 Å². The summed E-state index contributed by atoms with van der Waals surface area (Å²) in [5.41, 5.74) is 4.50. The van der Waals surface area contributed by atoms with E-state index in [1.54, 1.807) is 0 Å². The molecule has 3 aromatic rings. The van der Waals surface area contributed by atoms with Crippen LogP contribution in [0.4, 0.5) is 0 Å². The van der Waals surface area contributed by atoms with Crippen molar-refractivity contribution in [3.05, 3.63) is 82.4 Å². The largest absolute Gasteiger partial charge is 0.492 e. The molecule has 0 spiro atoms. The Morgan fingerprint density at radius 2 is 1.81 bits per heavy atom. The molecule has 0 aromatic heterocycles. The van der Waals surface area contributed by atoms with Crippen LogP contribution < -0.4 is 15.4 Å². The molecule has 3 aromatic carbocycles. The predicted octanol–water partition coefficient (Wildman–Crippen LogP) is 5.21. The number of thiocarbonyl (C=S) groups is 1. The standard InChI is InChI=1S/C22H17ClN2OS/c23-15-8-5-14(6-9-15)19-17-11-12-26-21-16-4-2-1-3-13(16)7-10-18(21)20(17)25-22(27)24-19/h1-10,19H,11-12H2,(H2,24,25,27). The van der Waals surface area contributed by atoms with Gasteiger partial charge in [0.1, 0.15) is 5.75 Å². The first-order valence-electron chi connectivity index (χ1n) is 8.91. The van der Waals surface area contributed by atoms with Crippen LogP contribution in [-0.2, 0) is 0 Å². The first-order valence-corrected chi connectivity index (χ1v) is 9.70. The smallest absolute Gasteiger partial charge is 0.171 e. The minimum absolute atomic E-state index is 0.00652. The third-order valence-electron chi connectivity index (χ3n) is 5.15. The van der Waals surface area contributed by atoms with E-state index in [2.05, 4.69) is 34.9 Å². The molecule has 0 fully saturated rings. The lowest BCUT2D eigenvalue weighted by Gasteiger charge is -2.31. The fourth-order valence-electron chi connectivity index (χ4n) is 3.90. The molecule has 0 saturated heterocycles. The molecular weight excluding hydrogens is 376 g/mol. The van der Waals surface area contributed by atoms with Crippen molar-refractivity contribution in [3.63, 3.8) is 0 Å². The van der Waals surface area contributed by atoms with Crippen molar-refractivity contribution in [1.82, 2.24) is 10.6 Å². The molecule has 2 heterocycles. The molecule has 0 aliphatic carbocycles. The van der Waals surface area contributed by atoms with E-state index in [0.717, 1.165) is 39.4 Å². The first kappa shape index (κ1) is 16.6. The molecule has 2 aliphatic heterocycles. The number of hydrogen-bond acceptors (Lipinski definition) is 2. The second-order valence-electron chi connectivity index (χ2n) is 6.75. The van der Waals surface area contributed by atoms with Gasteiger partial charge in [-0.15, -0.1) is 0 Å². The van der Waals surface area contributed by atoms with Crippen molar-refractivity contribution in [2.24, 2.45) is 0 Å². The Hall–Kier alpha value is -2.56. The van der Waals surface area contributed by atoms with Crippen molar-refractivity contribution in [1.29, 1.82) is 0 Å². The van der Waals surface area contributed by atoms with Crippen molar-refractivity contribution >= 4 is 45.4 Å². The summed E-state index contributed by atoms with van der Waals surface area (Å²) in [7, 11) is 0. The molecule has 134 valence electrons. The maximum absolute atomic E-state index is 6.22. The van der Waals surface area contributed by atoms with Crippen LogP contribution in [0.3, 0.4) is 0 Å². The second kappa shape index (κ2) is 6.55. The zero-order valence-electron chi connectivity index (χ0n) is 14.5. The molecule has 3 nitrogen and oxygen atoms in total. The third kappa shape index (κ3) is 2.85. The molecule has 2 N–H and O–H groups in total. The molecule has 2 aliphatic rings. The van der Waals surface area contributed by atoms with Crippen molar-refractivity contribution in [2.45, 2.75) is 12.5 Å². The van der Waals surface area contributed by atoms with E-state index in [0.29, 0.717) is 11.7 Å². The van der Waals surface area contributed by atoms with E-state index in [1.165, 1.54) is 11.0 Å². The average Bonchev–Trinajstić information content (AvgIpc) is 2.88. The summed E-state index contributed by atoms with van der Waals surface area (Å²) < 4.78 is 6.22. The Labute approximate surface area is 168 Å². The van der Waals surface area contributed by atoms with E-state index in [-0.39, 0.29) is 6.04 Å². The highest BCUT2D eigenvalue weighted by Gasteiger charge is 2.30. The van der Waals surface area contributed by atoms with Gasteiger partial charge < -0.3 is 15.4 Å². The summed E-state index contributed by atoms with van der Waals surface area (Å²) in [6.07, 6.45) is 0.814. The average molecular weight is 393 g/mol. The Bertz CT molecular complexity index is 1090. The van der Waals surface area contributed by atoms with Crippen molar-refractivity contribution in [3.8, 4) is 5.75 Å². The van der Waals surface area contributed by atoms with E-state index in [4.69, 9.17) is 28.6 Å². The van der Waals surface area contributed by atoms with Crippen LogP contribution in [0.5, 0.6) is 5.75 Å². The van der Waals surface area contributed by atoms with Gasteiger partial charge in [0.25, 0.3) is 0 Å². The molecule has 0 radical (unpaired) electrons. The van der Waals surface area contributed by atoms with Crippen LogP contribution in [0, 0.1) is 0 Å². The fraction of sp³-hybridized carbons (Fsp3) is 0.136. The predicted molar refractivity (Wildman–Crippen MR) is 114 cm³/mol. The van der Waals surface area contributed by atoms with Crippen molar-refractivity contribution < 1.29 is 4.74 Å². The van der Waals surface area contributed by atoms with Gasteiger partial charge in [0.2, 0.25) is 0 Å². The number of benzene rings is 3. The summed E-state index contributed by atoms with van der Waals surface area (Å²) in [6, 6.07) is 20.5. The van der Waals surface area contributed by atoms with Gasteiger partial charge >= 0.3 is 0 Å². The Morgan fingerprint density at radius 1 is 1.00 bits per heavy atom. The van der Waals surface area contributed by atoms with Crippen LogP contribution in [0.25, 0.3) is 16.5 Å². The van der Waals surface area contributed by atoms with Gasteiger partial charge in [-0.05, 0) is 46.9 Å². The lowest BCUT2D eigenvalue weighted by atomic mass is 9.90. The molecule has 5 rings (SSSR count). The summed E-state index contributed by atoms with van der Waals surface area (Å²) in [5.74, 6) is 0.921. The highest BCUT2D eigenvalue weighted by atomic mass is 35.5. The molecule has 0 saturated carbocycles. The van der Waals surface area contributed by atoms with E-state index in [1.807, 2.05) is 36.4 Å². The van der Waals surface area contributed by atoms with Crippen LogP contribution in [0.15, 0.2) is 66.2 Å². The van der Waals surface area contributed by atoms with Gasteiger partial charge in [0.15, 0.2) is 5.11 Å². The fourth-order valence-corrected chi connectivity index (χ4v) is 4.25. The number of ether oxygens (including phenoxy) is 1. The summed E-state index contributed by atoms with van der Waals surface area (Å²) >= 11 is 11.6. The molecule has 27 heavy (non-hydrogen) atoms. The zero-order valence-corrected chi connectivity index (χ0v) is 16.0. The molecule has 0 amide bonds. The maximum atomic E-state index is 6.22. The van der Waals surface area contributed by atoms with Crippen LogP contribution in [-0.4, -0.2) is 11.7 Å². The molecule has 5 heteroatoms. The monoisotopic (exact) mass is 392 g/mol. The third-order valence-corrected chi connectivity index (χ3v) is 5.63. The molecule has 1 unspecified atom stereocenters. The Kier molecular flexibility index (Phi) is 4.03. The molecule has 1 atom stereocenters. The maximum Gasteiger partial charge on any atom is 0.171 e. The lowest BCUT2D eigenvalue weighted by Crippen LogP contribution is -2.43. The first-order chi connectivity index (χ1) is 13.2. The summed E-state index contributed by atoms with van der Waals surface area (Å²) in [6.45, 7) is 0.625. The number of rotatable bonds is 1. The van der Waals surface area contributed by atoms with Crippen LogP contribution >= 0.6 is 23.8 Å². The van der Waals surface area contributed by atoms with E-state index < -0.39 is 0 Å². The van der Waals surface area contributed by atoms with Gasteiger partial charge in [-0.2, -0.15) is 0 Å². The van der Waals surface area contributed by atoms with Crippen LogP contribution in [0.2, 0.25) is 5.02 Å². The lowest BCUT2D eigenvalue weighted by molar-refractivity contribution is 0.324. The van der Waals surface area contributed by atoms with E-state index in [9.17, 15) is 0 Å². The Balaban J connectivity index is 1.71. The quantitative estimate of drug-likeness (QED) is 0.557. The van der Waals surface area contributed by atoms with Gasteiger partial charge in [-0.1, -0.05) is 54.1 Å². The number of hydrogen-bond donors (Lipinski definition) is 2. The minimum atomic E-state index is 0.00652. The van der Waals surface area contributed by atoms with E-state index >= 15 is 0 Å². The number of nitrogens with one attached hydrogen (secondary N) is 2. The van der Waals surface area contributed by atoms with Gasteiger partial charge in [0.05, 0.1) is 18.3 Å². The number of fused-ring (bicyclic) bond motifs is 4. The highest BCUT2D eigenvalue weighted by molar-refractivity contribution is 7.80. The highest BCUT2D eigenvalue weighted by Crippen LogP contribution is 2.41. The second-order valence-corrected chi connectivity index (χ2v) is 7.59. The molecule has 0 bridgehead atoms. The molecular formula is C22H17ClN2OS. The minimum Gasteiger partial charge on any atom is -0.492 e. The van der Waals surface area contributed by atoms with Gasteiger partial charge in [-0.25, -0.2) is 0 Å². The van der Waals surface area contributed by atoms with Gasteiger partial charge in [-0.3, -0.25) is 0 Å². The SMILES string of the molecule is S=C1NC2=C(CCOc3c2ccc2ccccc32)C(c2ccc(Cl)cc2)N1. The Morgan fingerprint density at radius 3 is 2.67 bits per heavy atom. The summed E-state index contributed by atoms with van der Waals surface area (Å²) in [5, 5.41) is 10.4. The number of halogens is 1. The van der Waals surface area contributed by atoms with Crippen LogP contribution in [0.1, 0.15) is 23.6 Å². The van der Waals surface area contributed by atoms with Crippen molar-refractivity contribution in [2.75, 3.05) is 6.61 Å². The zero-order chi connectivity index (χ0) is 18.4. The normalized spacial score (nSPS) is 18.7. The summed E-state index contributed by atoms with van der Waals surface area (Å²) in [4.78, 5) is 0.